The molecule has 0 aliphatic rings. The molecule has 0 bridgehead atoms. The number of benzene rings is 3. The lowest BCUT2D eigenvalue weighted by Gasteiger charge is -2.19. The van der Waals surface area contributed by atoms with Gasteiger partial charge in [0.2, 0.25) is 0 Å². The Labute approximate surface area is 173 Å². The van der Waals surface area contributed by atoms with Crippen molar-refractivity contribution in [1.82, 2.24) is 10.3 Å². The van der Waals surface area contributed by atoms with Crippen LogP contribution in [0.1, 0.15) is 27.9 Å². The Bertz CT molecular complexity index is 980. The summed E-state index contributed by atoms with van der Waals surface area (Å²) in [5.41, 5.74) is 3.41. The summed E-state index contributed by atoms with van der Waals surface area (Å²) in [5.74, 6) is 0.362. The Balaban J connectivity index is 1.40. The fraction of sp³-hybridized carbons (Fsp3) is 0.125. The maximum Gasteiger partial charge on any atom is 0.140 e. The van der Waals surface area contributed by atoms with Crippen molar-refractivity contribution in [2.75, 3.05) is 0 Å². The summed E-state index contributed by atoms with van der Waals surface area (Å²) in [6.45, 7) is 1.03. The third kappa shape index (κ3) is 5.28. The number of nitrogens with one attached hydrogen (secondary N) is 1. The molecule has 0 saturated heterocycles. The SMILES string of the molecule is Fc1ccc(OCc2nc(CNC(c3ccccc3)c3ccccc3)cs2)cc1. The van der Waals surface area contributed by atoms with Crippen LogP contribution in [0.2, 0.25) is 0 Å². The molecule has 0 aliphatic heterocycles. The first-order valence-corrected chi connectivity index (χ1v) is 10.3. The van der Waals surface area contributed by atoms with E-state index in [2.05, 4.69) is 58.8 Å². The van der Waals surface area contributed by atoms with Crippen LogP contribution in [0, 0.1) is 5.82 Å². The third-order valence-corrected chi connectivity index (χ3v) is 5.40. The quantitative estimate of drug-likeness (QED) is 0.407. The Morgan fingerprint density at radius 1 is 0.862 bits per heavy atom. The van der Waals surface area contributed by atoms with Gasteiger partial charge in [-0.05, 0) is 35.4 Å². The Kier molecular flexibility index (Phi) is 6.29. The molecule has 0 radical (unpaired) electrons. The standard InChI is InChI=1S/C24H21FN2OS/c25-20-11-13-22(14-12-20)28-16-23-27-21(17-29-23)15-26-24(18-7-3-1-4-8-18)19-9-5-2-6-10-19/h1-14,17,24,26H,15-16H2. The third-order valence-electron chi connectivity index (χ3n) is 4.53. The average molecular weight is 405 g/mol. The highest BCUT2D eigenvalue weighted by Crippen LogP contribution is 2.23. The fourth-order valence-corrected chi connectivity index (χ4v) is 3.80. The Morgan fingerprint density at radius 2 is 1.48 bits per heavy atom. The molecule has 0 atom stereocenters. The molecule has 1 heterocycles. The van der Waals surface area contributed by atoms with Gasteiger partial charge in [0.25, 0.3) is 0 Å². The monoisotopic (exact) mass is 404 g/mol. The molecule has 0 spiro atoms. The summed E-state index contributed by atoms with van der Waals surface area (Å²) >= 11 is 1.57. The second-order valence-corrected chi connectivity index (χ2v) is 7.55. The maximum absolute atomic E-state index is 13.0. The molecule has 0 fully saturated rings. The zero-order valence-corrected chi connectivity index (χ0v) is 16.6. The van der Waals surface area contributed by atoms with Gasteiger partial charge in [-0.25, -0.2) is 9.37 Å². The molecule has 5 heteroatoms. The zero-order valence-electron chi connectivity index (χ0n) is 15.8. The number of hydrogen-bond donors (Lipinski definition) is 1. The predicted molar refractivity (Wildman–Crippen MR) is 114 cm³/mol. The van der Waals surface area contributed by atoms with E-state index >= 15 is 0 Å². The first-order chi connectivity index (χ1) is 14.3. The highest BCUT2D eigenvalue weighted by Gasteiger charge is 2.14. The summed E-state index contributed by atoms with van der Waals surface area (Å²) in [5, 5.41) is 6.56. The van der Waals surface area contributed by atoms with Gasteiger partial charge < -0.3 is 10.1 Å². The minimum absolute atomic E-state index is 0.0954. The molecule has 0 amide bonds. The number of halogens is 1. The minimum Gasteiger partial charge on any atom is -0.486 e. The molecular weight excluding hydrogens is 383 g/mol. The van der Waals surface area contributed by atoms with E-state index in [1.165, 1.54) is 23.3 Å². The Hall–Kier alpha value is -3.02. The van der Waals surface area contributed by atoms with Crippen LogP contribution in [0.25, 0.3) is 0 Å². The lowest BCUT2D eigenvalue weighted by molar-refractivity contribution is 0.304. The van der Waals surface area contributed by atoms with Crippen LogP contribution < -0.4 is 10.1 Å². The summed E-state index contributed by atoms with van der Waals surface area (Å²) < 4.78 is 18.7. The summed E-state index contributed by atoms with van der Waals surface area (Å²) in [7, 11) is 0. The molecule has 1 N–H and O–H groups in total. The van der Waals surface area contributed by atoms with Crippen molar-refractivity contribution in [1.29, 1.82) is 0 Å². The molecule has 4 rings (SSSR count). The van der Waals surface area contributed by atoms with E-state index in [1.807, 2.05) is 17.5 Å². The van der Waals surface area contributed by atoms with Gasteiger partial charge in [-0.3, -0.25) is 0 Å². The van der Waals surface area contributed by atoms with Gasteiger partial charge in [0.15, 0.2) is 0 Å². The van der Waals surface area contributed by atoms with Crippen molar-refractivity contribution < 1.29 is 9.13 Å². The number of ether oxygens (including phenoxy) is 1. The van der Waals surface area contributed by atoms with Gasteiger partial charge in [0.05, 0.1) is 11.7 Å². The van der Waals surface area contributed by atoms with Gasteiger partial charge >= 0.3 is 0 Å². The number of hydrogen-bond acceptors (Lipinski definition) is 4. The lowest BCUT2D eigenvalue weighted by atomic mass is 9.99. The second kappa shape index (κ2) is 9.45. The van der Waals surface area contributed by atoms with Crippen molar-refractivity contribution in [3.63, 3.8) is 0 Å². The highest BCUT2D eigenvalue weighted by atomic mass is 32.1. The molecular formula is C24H21FN2OS. The minimum atomic E-state index is -0.272. The molecule has 1 aromatic heterocycles. The largest absolute Gasteiger partial charge is 0.486 e. The molecule has 146 valence electrons. The van der Waals surface area contributed by atoms with Crippen LogP contribution in [0.4, 0.5) is 4.39 Å². The normalized spacial score (nSPS) is 11.0. The predicted octanol–water partition coefficient (Wildman–Crippen LogP) is 5.74. The molecule has 4 aromatic rings. The molecule has 0 aliphatic carbocycles. The summed E-state index contributed by atoms with van der Waals surface area (Å²) in [4.78, 5) is 4.66. The fourth-order valence-electron chi connectivity index (χ4n) is 3.10. The van der Waals surface area contributed by atoms with E-state index in [0.717, 1.165) is 10.7 Å². The first-order valence-electron chi connectivity index (χ1n) is 9.43. The number of nitrogens with zero attached hydrogens (tertiary/aromatic N) is 1. The van der Waals surface area contributed by atoms with Crippen molar-refractivity contribution in [3.05, 3.63) is 118 Å². The van der Waals surface area contributed by atoms with Crippen molar-refractivity contribution in [2.24, 2.45) is 0 Å². The summed E-state index contributed by atoms with van der Waals surface area (Å²) in [6, 6.07) is 26.9. The van der Waals surface area contributed by atoms with Crippen LogP contribution in [0.5, 0.6) is 5.75 Å². The van der Waals surface area contributed by atoms with Crippen LogP contribution >= 0.6 is 11.3 Å². The van der Waals surface area contributed by atoms with Gasteiger partial charge in [-0.15, -0.1) is 11.3 Å². The van der Waals surface area contributed by atoms with E-state index in [0.29, 0.717) is 18.9 Å². The van der Waals surface area contributed by atoms with Gasteiger partial charge in [-0.2, -0.15) is 0 Å². The van der Waals surface area contributed by atoms with Crippen LogP contribution in [0.3, 0.4) is 0 Å². The van der Waals surface area contributed by atoms with E-state index in [-0.39, 0.29) is 11.9 Å². The molecule has 3 nitrogen and oxygen atoms in total. The highest BCUT2D eigenvalue weighted by molar-refractivity contribution is 7.09. The topological polar surface area (TPSA) is 34.1 Å². The van der Waals surface area contributed by atoms with E-state index in [4.69, 9.17) is 4.74 Å². The van der Waals surface area contributed by atoms with Gasteiger partial charge in [-0.1, -0.05) is 60.7 Å². The number of thiazole rings is 1. The molecule has 0 saturated carbocycles. The van der Waals surface area contributed by atoms with Gasteiger partial charge in [0, 0.05) is 11.9 Å². The van der Waals surface area contributed by atoms with Gasteiger partial charge in [0.1, 0.15) is 23.2 Å². The van der Waals surface area contributed by atoms with Crippen LogP contribution in [-0.4, -0.2) is 4.98 Å². The van der Waals surface area contributed by atoms with E-state index < -0.39 is 0 Å². The van der Waals surface area contributed by atoms with Crippen LogP contribution in [-0.2, 0) is 13.2 Å². The zero-order chi connectivity index (χ0) is 19.9. The smallest absolute Gasteiger partial charge is 0.140 e. The summed E-state index contributed by atoms with van der Waals surface area (Å²) in [6.07, 6.45) is 0. The molecule has 29 heavy (non-hydrogen) atoms. The second-order valence-electron chi connectivity index (χ2n) is 6.61. The van der Waals surface area contributed by atoms with Crippen molar-refractivity contribution in [3.8, 4) is 5.75 Å². The molecule has 3 aromatic carbocycles. The number of aromatic nitrogens is 1. The lowest BCUT2D eigenvalue weighted by Crippen LogP contribution is -2.22. The van der Waals surface area contributed by atoms with Crippen LogP contribution in [0.15, 0.2) is 90.3 Å². The maximum atomic E-state index is 13.0. The molecule has 0 unspecified atom stereocenters. The van der Waals surface area contributed by atoms with Crippen molar-refractivity contribution in [2.45, 2.75) is 19.2 Å². The average Bonchev–Trinajstić information content (AvgIpc) is 3.23. The number of rotatable bonds is 8. The van der Waals surface area contributed by atoms with E-state index in [1.54, 1.807) is 23.5 Å². The van der Waals surface area contributed by atoms with E-state index in [9.17, 15) is 4.39 Å². The first kappa shape index (κ1) is 19.3. The van der Waals surface area contributed by atoms with Crippen molar-refractivity contribution >= 4 is 11.3 Å². The Morgan fingerprint density at radius 3 is 2.10 bits per heavy atom.